The summed E-state index contributed by atoms with van der Waals surface area (Å²) in [7, 11) is -3.96. The topological polar surface area (TPSA) is 77.2 Å². The van der Waals surface area contributed by atoms with E-state index in [4.69, 9.17) is 40.5 Å². The summed E-state index contributed by atoms with van der Waals surface area (Å²) in [4.78, 5) is 11.1. The van der Waals surface area contributed by atoms with Crippen molar-refractivity contribution in [3.05, 3.63) is 73.6 Å². The molecule has 0 aliphatic carbocycles. The summed E-state index contributed by atoms with van der Waals surface area (Å²) in [6.07, 6.45) is 1.15. The van der Waals surface area contributed by atoms with Crippen LogP contribution in [0.3, 0.4) is 0 Å². The maximum atomic E-state index is 12.5. The fourth-order valence-corrected chi connectivity index (χ4v) is 3.94. The van der Waals surface area contributed by atoms with E-state index >= 15 is 0 Å². The summed E-state index contributed by atoms with van der Waals surface area (Å²) >= 11 is 17.6. The molecule has 4 nitrogen and oxygen atoms in total. The van der Waals surface area contributed by atoms with E-state index in [1.807, 2.05) is 0 Å². The second-order valence-electron chi connectivity index (χ2n) is 4.92. The van der Waals surface area contributed by atoms with Gasteiger partial charge in [0.25, 0.3) is 5.91 Å². The second kappa shape index (κ2) is 7.57. The zero-order valence-corrected chi connectivity index (χ0v) is 15.3. The summed E-state index contributed by atoms with van der Waals surface area (Å²) < 4.78 is 25.1. The molecule has 0 unspecified atom stereocenters. The number of rotatable bonds is 5. The number of primary amides is 1. The lowest BCUT2D eigenvalue weighted by molar-refractivity contribution is -0.113. The number of carbonyl (C=O) groups excluding carboxylic acids is 1. The van der Waals surface area contributed by atoms with Crippen molar-refractivity contribution in [2.45, 2.75) is 5.75 Å². The van der Waals surface area contributed by atoms with E-state index in [-0.39, 0.29) is 10.8 Å². The molecule has 0 aromatic heterocycles. The van der Waals surface area contributed by atoms with Gasteiger partial charge in [0.1, 0.15) is 4.91 Å². The number of benzene rings is 2. The Balaban J connectivity index is 2.43. The molecule has 0 aliphatic heterocycles. The van der Waals surface area contributed by atoms with E-state index in [0.29, 0.717) is 21.2 Å². The van der Waals surface area contributed by atoms with Crippen molar-refractivity contribution in [1.82, 2.24) is 0 Å². The minimum absolute atomic E-state index is 0.211. The second-order valence-corrected chi connectivity index (χ2v) is 8.16. The highest BCUT2D eigenvalue weighted by molar-refractivity contribution is 7.95. The van der Waals surface area contributed by atoms with Crippen molar-refractivity contribution < 1.29 is 13.2 Å². The molecule has 0 fully saturated rings. The smallest absolute Gasteiger partial charge is 0.260 e. The quantitative estimate of drug-likeness (QED) is 0.762. The highest BCUT2D eigenvalue weighted by Crippen LogP contribution is 2.25. The van der Waals surface area contributed by atoms with Crippen molar-refractivity contribution >= 4 is 56.6 Å². The van der Waals surface area contributed by atoms with Crippen LogP contribution in [0.1, 0.15) is 11.1 Å². The molecule has 0 spiro atoms. The van der Waals surface area contributed by atoms with Gasteiger partial charge < -0.3 is 5.73 Å². The highest BCUT2D eigenvalue weighted by atomic mass is 35.5. The standard InChI is InChI=1S/C16H12Cl3NO3S/c17-12-4-1-10(2-5-12)9-24(22,23)15(16(20)21)7-11-3-6-13(18)8-14(11)19/h1-8H,9H2,(H2,20,21)/b15-7+. The first-order valence-electron chi connectivity index (χ1n) is 6.63. The number of halogens is 3. The Bertz CT molecular complexity index is 907. The predicted molar refractivity (Wildman–Crippen MR) is 97.7 cm³/mol. The molecule has 0 saturated carbocycles. The van der Waals surface area contributed by atoms with E-state index in [2.05, 4.69) is 0 Å². The maximum Gasteiger partial charge on any atom is 0.260 e. The van der Waals surface area contributed by atoms with Gasteiger partial charge in [0, 0.05) is 15.1 Å². The summed E-state index contributed by atoms with van der Waals surface area (Å²) in [6.45, 7) is 0. The maximum absolute atomic E-state index is 12.5. The zero-order chi connectivity index (χ0) is 17.9. The number of hydrogen-bond acceptors (Lipinski definition) is 3. The number of sulfone groups is 1. The van der Waals surface area contributed by atoms with E-state index < -0.39 is 20.6 Å². The van der Waals surface area contributed by atoms with Crippen LogP contribution < -0.4 is 5.73 Å². The molecule has 0 bridgehead atoms. The highest BCUT2D eigenvalue weighted by Gasteiger charge is 2.24. The Morgan fingerprint density at radius 2 is 1.58 bits per heavy atom. The van der Waals surface area contributed by atoms with Gasteiger partial charge in [-0.25, -0.2) is 8.42 Å². The Morgan fingerprint density at radius 1 is 1.00 bits per heavy atom. The van der Waals surface area contributed by atoms with Gasteiger partial charge in [0.05, 0.1) is 5.75 Å². The lowest BCUT2D eigenvalue weighted by Crippen LogP contribution is -2.22. The summed E-state index contributed by atoms with van der Waals surface area (Å²) in [5.74, 6) is -1.44. The third-order valence-electron chi connectivity index (χ3n) is 3.10. The third kappa shape index (κ3) is 4.74. The zero-order valence-electron chi connectivity index (χ0n) is 12.2. The van der Waals surface area contributed by atoms with Crippen LogP contribution in [0.25, 0.3) is 6.08 Å². The molecule has 0 aliphatic rings. The lowest BCUT2D eigenvalue weighted by Gasteiger charge is -2.08. The molecular formula is C16H12Cl3NO3S. The number of nitrogens with two attached hydrogens (primary N) is 1. The van der Waals surface area contributed by atoms with Crippen molar-refractivity contribution in [3.8, 4) is 0 Å². The average molecular weight is 405 g/mol. The SMILES string of the molecule is NC(=O)/C(=C\c1ccc(Cl)cc1Cl)S(=O)(=O)Cc1ccc(Cl)cc1. The van der Waals surface area contributed by atoms with Crippen LogP contribution in [0.5, 0.6) is 0 Å². The normalized spacial score (nSPS) is 12.2. The first-order valence-corrected chi connectivity index (χ1v) is 9.41. The van der Waals surface area contributed by atoms with E-state index in [0.717, 1.165) is 6.08 Å². The Labute approximate surface area is 154 Å². The molecule has 126 valence electrons. The van der Waals surface area contributed by atoms with E-state index in [1.165, 1.54) is 18.2 Å². The van der Waals surface area contributed by atoms with Gasteiger partial charge >= 0.3 is 0 Å². The monoisotopic (exact) mass is 403 g/mol. The van der Waals surface area contributed by atoms with Crippen molar-refractivity contribution in [3.63, 3.8) is 0 Å². The van der Waals surface area contributed by atoms with Crippen LogP contribution in [-0.4, -0.2) is 14.3 Å². The van der Waals surface area contributed by atoms with E-state index in [1.54, 1.807) is 24.3 Å². The first kappa shape index (κ1) is 18.8. The third-order valence-corrected chi connectivity index (χ3v) is 5.61. The van der Waals surface area contributed by atoms with Crippen molar-refractivity contribution in [2.75, 3.05) is 0 Å². The van der Waals surface area contributed by atoms with E-state index in [9.17, 15) is 13.2 Å². The van der Waals surface area contributed by atoms with Crippen LogP contribution in [0, 0.1) is 0 Å². The van der Waals surface area contributed by atoms with Crippen LogP contribution in [0.15, 0.2) is 47.4 Å². The minimum Gasteiger partial charge on any atom is -0.365 e. The van der Waals surface area contributed by atoms with Crippen molar-refractivity contribution in [1.29, 1.82) is 0 Å². The molecule has 2 rings (SSSR count). The predicted octanol–water partition coefficient (Wildman–Crippen LogP) is 4.09. The van der Waals surface area contributed by atoms with Gasteiger partial charge in [0.2, 0.25) is 0 Å². The largest absolute Gasteiger partial charge is 0.365 e. The van der Waals surface area contributed by atoms with Gasteiger partial charge in [-0.3, -0.25) is 4.79 Å². The average Bonchev–Trinajstić information content (AvgIpc) is 2.48. The molecule has 0 atom stereocenters. The fraction of sp³-hybridized carbons (Fsp3) is 0.0625. The van der Waals surface area contributed by atoms with Gasteiger partial charge in [0.15, 0.2) is 9.84 Å². The molecule has 8 heteroatoms. The lowest BCUT2D eigenvalue weighted by atomic mass is 10.2. The number of amides is 1. The van der Waals surface area contributed by atoms with Gasteiger partial charge in [-0.05, 0) is 41.5 Å². The molecular weight excluding hydrogens is 393 g/mol. The first-order chi connectivity index (χ1) is 11.2. The van der Waals surface area contributed by atoms with Crippen LogP contribution in [-0.2, 0) is 20.4 Å². The number of carbonyl (C=O) groups is 1. The van der Waals surface area contributed by atoms with Gasteiger partial charge in [-0.2, -0.15) is 0 Å². The molecule has 2 N–H and O–H groups in total. The minimum atomic E-state index is -3.96. The summed E-state index contributed by atoms with van der Waals surface area (Å²) in [6, 6.07) is 10.7. The molecule has 0 heterocycles. The molecule has 1 amide bonds. The molecule has 24 heavy (non-hydrogen) atoms. The Hall–Kier alpha value is -1.53. The summed E-state index contributed by atoms with van der Waals surface area (Å²) in [5, 5.41) is 1.08. The van der Waals surface area contributed by atoms with Crippen LogP contribution >= 0.6 is 34.8 Å². The summed E-state index contributed by atoms with van der Waals surface area (Å²) in [5.41, 5.74) is 6.06. The van der Waals surface area contributed by atoms with Crippen LogP contribution in [0.4, 0.5) is 0 Å². The van der Waals surface area contributed by atoms with Gasteiger partial charge in [-0.1, -0.05) is 53.0 Å². The molecule has 0 radical (unpaired) electrons. The van der Waals surface area contributed by atoms with Crippen molar-refractivity contribution in [2.24, 2.45) is 5.73 Å². The fourth-order valence-electron chi connectivity index (χ4n) is 1.95. The molecule has 0 saturated heterocycles. The molecule has 2 aromatic carbocycles. The Morgan fingerprint density at radius 3 is 2.12 bits per heavy atom. The van der Waals surface area contributed by atoms with Gasteiger partial charge in [-0.15, -0.1) is 0 Å². The number of hydrogen-bond donors (Lipinski definition) is 1. The molecule has 2 aromatic rings. The Kier molecular flexibility index (Phi) is 5.93. The van der Waals surface area contributed by atoms with Crippen LogP contribution in [0.2, 0.25) is 15.1 Å².